The summed E-state index contributed by atoms with van der Waals surface area (Å²) in [6.07, 6.45) is 3.29. The predicted octanol–water partition coefficient (Wildman–Crippen LogP) is 1.09. The molecule has 0 radical (unpaired) electrons. The van der Waals surface area contributed by atoms with Crippen LogP contribution in [0.2, 0.25) is 0 Å². The number of aromatic nitrogens is 1. The van der Waals surface area contributed by atoms with Crippen LogP contribution < -0.4 is 11.1 Å². The van der Waals surface area contributed by atoms with E-state index in [9.17, 15) is 0 Å². The molecule has 14 heavy (non-hydrogen) atoms. The molecule has 0 aliphatic heterocycles. The monoisotopic (exact) mass is 195 g/mol. The van der Waals surface area contributed by atoms with Crippen molar-refractivity contribution < 1.29 is 5.11 Å². The van der Waals surface area contributed by atoms with Gasteiger partial charge in [0, 0.05) is 6.20 Å². The van der Waals surface area contributed by atoms with Crippen LogP contribution in [0, 0.1) is 5.92 Å². The maximum absolute atomic E-state index is 9.11. The summed E-state index contributed by atoms with van der Waals surface area (Å²) in [6, 6.07) is 1.84. The second kappa shape index (κ2) is 4.81. The fourth-order valence-electron chi connectivity index (χ4n) is 1.17. The van der Waals surface area contributed by atoms with E-state index in [0.29, 0.717) is 11.6 Å². The van der Waals surface area contributed by atoms with Gasteiger partial charge in [0.05, 0.1) is 30.2 Å². The van der Waals surface area contributed by atoms with E-state index in [4.69, 9.17) is 10.8 Å². The van der Waals surface area contributed by atoms with Crippen molar-refractivity contribution in [3.63, 3.8) is 0 Å². The lowest BCUT2D eigenvalue weighted by molar-refractivity contribution is 0.249. The number of hydrogen-bond acceptors (Lipinski definition) is 4. The Hall–Kier alpha value is -1.29. The molecule has 1 atom stereocenters. The average molecular weight is 195 g/mol. The molecule has 0 saturated carbocycles. The zero-order valence-corrected chi connectivity index (χ0v) is 8.57. The number of rotatable bonds is 4. The Morgan fingerprint density at radius 3 is 2.71 bits per heavy atom. The molecule has 0 unspecified atom stereocenters. The van der Waals surface area contributed by atoms with Gasteiger partial charge in [-0.15, -0.1) is 0 Å². The highest BCUT2D eigenvalue weighted by Crippen LogP contribution is 2.13. The van der Waals surface area contributed by atoms with Crippen molar-refractivity contribution >= 4 is 11.4 Å². The maximum atomic E-state index is 9.11. The van der Waals surface area contributed by atoms with Gasteiger partial charge in [-0.2, -0.15) is 0 Å². The Kier molecular flexibility index (Phi) is 3.71. The highest BCUT2D eigenvalue weighted by Gasteiger charge is 2.11. The van der Waals surface area contributed by atoms with Crippen molar-refractivity contribution in [1.29, 1.82) is 0 Å². The van der Waals surface area contributed by atoms with Crippen LogP contribution in [0.4, 0.5) is 11.4 Å². The van der Waals surface area contributed by atoms with E-state index in [0.717, 1.165) is 5.69 Å². The molecule has 0 aliphatic rings. The molecule has 0 amide bonds. The summed E-state index contributed by atoms with van der Waals surface area (Å²) in [5.41, 5.74) is 7.05. The number of pyridine rings is 1. The quantitative estimate of drug-likeness (QED) is 0.672. The number of nitrogens with zero attached hydrogens (tertiary/aromatic N) is 1. The Labute approximate surface area is 84.2 Å². The Morgan fingerprint density at radius 1 is 1.50 bits per heavy atom. The number of nitrogens with two attached hydrogens (primary N) is 1. The summed E-state index contributed by atoms with van der Waals surface area (Å²) in [5, 5.41) is 12.3. The van der Waals surface area contributed by atoms with Crippen molar-refractivity contribution in [3.05, 3.63) is 18.5 Å². The summed E-state index contributed by atoms with van der Waals surface area (Å²) in [6.45, 7) is 4.20. The van der Waals surface area contributed by atoms with Crippen LogP contribution in [0.25, 0.3) is 0 Å². The minimum atomic E-state index is 0.0404. The van der Waals surface area contributed by atoms with Gasteiger partial charge in [0.2, 0.25) is 0 Å². The van der Waals surface area contributed by atoms with E-state index in [-0.39, 0.29) is 12.6 Å². The fourth-order valence-corrected chi connectivity index (χ4v) is 1.17. The molecule has 1 heterocycles. The lowest BCUT2D eigenvalue weighted by Gasteiger charge is -2.20. The van der Waals surface area contributed by atoms with Crippen molar-refractivity contribution in [2.45, 2.75) is 19.9 Å². The first-order valence-electron chi connectivity index (χ1n) is 4.71. The maximum Gasteiger partial charge on any atom is 0.0635 e. The van der Waals surface area contributed by atoms with Crippen LogP contribution in [0.15, 0.2) is 18.5 Å². The third-order valence-electron chi connectivity index (χ3n) is 2.11. The van der Waals surface area contributed by atoms with Gasteiger partial charge in [0.15, 0.2) is 0 Å². The van der Waals surface area contributed by atoms with Crippen molar-refractivity contribution in [2.75, 3.05) is 17.7 Å². The second-order valence-electron chi connectivity index (χ2n) is 3.68. The van der Waals surface area contributed by atoms with E-state index in [1.165, 1.54) is 0 Å². The van der Waals surface area contributed by atoms with Gasteiger partial charge in [-0.25, -0.2) is 0 Å². The molecule has 0 aliphatic carbocycles. The van der Waals surface area contributed by atoms with Crippen LogP contribution in [-0.4, -0.2) is 22.7 Å². The van der Waals surface area contributed by atoms with Crippen molar-refractivity contribution in [2.24, 2.45) is 5.92 Å². The minimum absolute atomic E-state index is 0.0404. The van der Waals surface area contributed by atoms with Crippen LogP contribution >= 0.6 is 0 Å². The predicted molar refractivity (Wildman–Crippen MR) is 58.0 cm³/mol. The van der Waals surface area contributed by atoms with Gasteiger partial charge in [0.1, 0.15) is 0 Å². The molecule has 78 valence electrons. The molecule has 4 heteroatoms. The molecule has 1 aromatic rings. The van der Waals surface area contributed by atoms with Crippen LogP contribution in [-0.2, 0) is 0 Å². The number of aliphatic hydroxyl groups is 1. The number of hydrogen-bond donors (Lipinski definition) is 3. The smallest absolute Gasteiger partial charge is 0.0635 e. The molecule has 0 spiro atoms. The topological polar surface area (TPSA) is 71.2 Å². The molecule has 4 nitrogen and oxygen atoms in total. The van der Waals surface area contributed by atoms with E-state index in [1.807, 2.05) is 13.8 Å². The van der Waals surface area contributed by atoms with E-state index >= 15 is 0 Å². The Bertz CT molecular complexity index is 288. The Balaban J connectivity index is 2.67. The normalized spacial score (nSPS) is 12.9. The Morgan fingerprint density at radius 2 is 2.21 bits per heavy atom. The first-order valence-corrected chi connectivity index (χ1v) is 4.71. The minimum Gasteiger partial charge on any atom is -0.397 e. The third kappa shape index (κ3) is 2.88. The summed E-state index contributed by atoms with van der Waals surface area (Å²) >= 11 is 0. The lowest BCUT2D eigenvalue weighted by atomic mass is 10.1. The zero-order valence-electron chi connectivity index (χ0n) is 8.57. The SMILES string of the molecule is CC(C)[C@@H](CO)Nc1cncc(N)c1. The fraction of sp³-hybridized carbons (Fsp3) is 0.500. The van der Waals surface area contributed by atoms with E-state index in [1.54, 1.807) is 18.5 Å². The van der Waals surface area contributed by atoms with E-state index in [2.05, 4.69) is 10.3 Å². The van der Waals surface area contributed by atoms with E-state index < -0.39 is 0 Å². The van der Waals surface area contributed by atoms with Crippen molar-refractivity contribution in [1.82, 2.24) is 4.98 Å². The summed E-state index contributed by atoms with van der Waals surface area (Å²) in [7, 11) is 0. The lowest BCUT2D eigenvalue weighted by Crippen LogP contribution is -2.29. The summed E-state index contributed by atoms with van der Waals surface area (Å²) in [4.78, 5) is 3.96. The first-order chi connectivity index (χ1) is 6.63. The molecule has 0 bridgehead atoms. The highest BCUT2D eigenvalue weighted by molar-refractivity contribution is 5.51. The molecule has 0 saturated heterocycles. The standard InChI is InChI=1S/C10H17N3O/c1-7(2)10(6-14)13-9-3-8(11)4-12-5-9/h3-5,7,10,13-14H,6,11H2,1-2H3/t10-/m1/s1. The van der Waals surface area contributed by atoms with Crippen LogP contribution in [0.1, 0.15) is 13.8 Å². The summed E-state index contributed by atoms with van der Waals surface area (Å²) in [5.74, 6) is 0.362. The van der Waals surface area contributed by atoms with Crippen LogP contribution in [0.3, 0.4) is 0 Å². The molecule has 1 rings (SSSR count). The first kappa shape index (κ1) is 10.8. The third-order valence-corrected chi connectivity index (χ3v) is 2.11. The zero-order chi connectivity index (χ0) is 10.6. The number of aliphatic hydroxyl groups excluding tert-OH is 1. The van der Waals surface area contributed by atoms with Gasteiger partial charge in [-0.05, 0) is 12.0 Å². The molecule has 1 aromatic heterocycles. The van der Waals surface area contributed by atoms with Gasteiger partial charge in [-0.1, -0.05) is 13.8 Å². The molecular formula is C10H17N3O. The number of nitrogen functional groups attached to an aromatic ring is 1. The van der Waals surface area contributed by atoms with Gasteiger partial charge >= 0.3 is 0 Å². The van der Waals surface area contributed by atoms with Gasteiger partial charge < -0.3 is 16.2 Å². The van der Waals surface area contributed by atoms with Crippen molar-refractivity contribution in [3.8, 4) is 0 Å². The average Bonchev–Trinajstić information content (AvgIpc) is 2.14. The second-order valence-corrected chi connectivity index (χ2v) is 3.68. The van der Waals surface area contributed by atoms with Crippen LogP contribution in [0.5, 0.6) is 0 Å². The highest BCUT2D eigenvalue weighted by atomic mass is 16.3. The number of anilines is 2. The molecular weight excluding hydrogens is 178 g/mol. The van der Waals surface area contributed by atoms with Gasteiger partial charge in [-0.3, -0.25) is 4.98 Å². The van der Waals surface area contributed by atoms with Gasteiger partial charge in [0.25, 0.3) is 0 Å². The summed E-state index contributed by atoms with van der Waals surface area (Å²) < 4.78 is 0. The molecule has 0 aromatic carbocycles. The number of nitrogens with one attached hydrogen (secondary N) is 1. The largest absolute Gasteiger partial charge is 0.397 e. The molecule has 0 fully saturated rings. The molecule has 4 N–H and O–H groups in total.